The predicted octanol–water partition coefficient (Wildman–Crippen LogP) is 2.88. The van der Waals surface area contributed by atoms with Crippen molar-refractivity contribution < 1.29 is 27.4 Å². The minimum absolute atomic E-state index is 0.0158. The molecule has 26 heavy (non-hydrogen) atoms. The van der Waals surface area contributed by atoms with Crippen molar-refractivity contribution in [2.45, 2.75) is 12.2 Å². The molecule has 0 atom stereocenters. The average molecular weight is 380 g/mol. The molecule has 0 aromatic heterocycles. The Morgan fingerprint density at radius 3 is 1.77 bits per heavy atom. The molecule has 0 aliphatic heterocycles. The standard InChI is InChI=1S/C19H24O6S/c1-22-15-7-5-14(6-8-15)13-26(20,21)10-9-17-18(24-3)11-16(23-2)12-19(17)25-4/h5-8,11-12H,9-10,13H2,1-4H3. The Labute approximate surface area is 154 Å². The zero-order chi connectivity index (χ0) is 19.2. The van der Waals surface area contributed by atoms with Gasteiger partial charge in [0.1, 0.15) is 23.0 Å². The molecule has 2 aromatic carbocycles. The van der Waals surface area contributed by atoms with Crippen LogP contribution in [0.3, 0.4) is 0 Å². The van der Waals surface area contributed by atoms with Crippen LogP contribution in [0.4, 0.5) is 0 Å². The fourth-order valence-corrected chi connectivity index (χ4v) is 3.99. The molecule has 0 saturated heterocycles. The highest BCUT2D eigenvalue weighted by Gasteiger charge is 2.18. The Morgan fingerprint density at radius 1 is 0.769 bits per heavy atom. The van der Waals surface area contributed by atoms with E-state index in [1.807, 2.05) is 0 Å². The maximum Gasteiger partial charge on any atom is 0.154 e. The first-order valence-corrected chi connectivity index (χ1v) is 9.86. The normalized spacial score (nSPS) is 11.1. The Hall–Kier alpha value is -2.41. The third kappa shape index (κ3) is 5.05. The molecule has 0 bridgehead atoms. The summed E-state index contributed by atoms with van der Waals surface area (Å²) in [5, 5.41) is 0. The largest absolute Gasteiger partial charge is 0.497 e. The van der Waals surface area contributed by atoms with Gasteiger partial charge in [0.2, 0.25) is 0 Å². The van der Waals surface area contributed by atoms with Gasteiger partial charge in [-0.25, -0.2) is 8.42 Å². The van der Waals surface area contributed by atoms with Crippen LogP contribution >= 0.6 is 0 Å². The minimum atomic E-state index is -3.30. The maximum atomic E-state index is 12.5. The van der Waals surface area contributed by atoms with Crippen molar-refractivity contribution in [3.05, 3.63) is 47.5 Å². The Bertz CT molecular complexity index is 803. The summed E-state index contributed by atoms with van der Waals surface area (Å²) in [6, 6.07) is 10.4. The van der Waals surface area contributed by atoms with Crippen LogP contribution in [-0.2, 0) is 22.0 Å². The molecule has 0 aliphatic carbocycles. The van der Waals surface area contributed by atoms with E-state index in [2.05, 4.69) is 0 Å². The second kappa shape index (κ2) is 8.80. The van der Waals surface area contributed by atoms with Gasteiger partial charge < -0.3 is 18.9 Å². The van der Waals surface area contributed by atoms with E-state index >= 15 is 0 Å². The SMILES string of the molecule is COc1ccc(CS(=O)(=O)CCc2c(OC)cc(OC)cc2OC)cc1. The van der Waals surface area contributed by atoms with Crippen molar-refractivity contribution in [2.75, 3.05) is 34.2 Å². The van der Waals surface area contributed by atoms with Crippen molar-refractivity contribution in [3.8, 4) is 23.0 Å². The molecule has 0 spiro atoms. The van der Waals surface area contributed by atoms with Gasteiger partial charge in [-0.15, -0.1) is 0 Å². The average Bonchev–Trinajstić information content (AvgIpc) is 2.65. The van der Waals surface area contributed by atoms with Gasteiger partial charge in [-0.05, 0) is 24.1 Å². The summed E-state index contributed by atoms with van der Waals surface area (Å²) in [6.45, 7) is 0. The van der Waals surface area contributed by atoms with Crippen molar-refractivity contribution >= 4 is 9.84 Å². The van der Waals surface area contributed by atoms with Gasteiger partial charge >= 0.3 is 0 Å². The quantitative estimate of drug-likeness (QED) is 0.666. The number of hydrogen-bond acceptors (Lipinski definition) is 6. The number of benzene rings is 2. The lowest BCUT2D eigenvalue weighted by Gasteiger charge is -2.15. The third-order valence-electron chi connectivity index (χ3n) is 4.03. The van der Waals surface area contributed by atoms with Gasteiger partial charge in [0, 0.05) is 17.7 Å². The Kier molecular flexibility index (Phi) is 6.74. The molecule has 2 rings (SSSR count). The number of rotatable bonds is 9. The highest BCUT2D eigenvalue weighted by Crippen LogP contribution is 2.34. The molecule has 0 fully saturated rings. The van der Waals surface area contributed by atoms with E-state index in [1.165, 1.54) is 14.2 Å². The van der Waals surface area contributed by atoms with E-state index in [-0.39, 0.29) is 17.9 Å². The molecule has 6 nitrogen and oxygen atoms in total. The fourth-order valence-electron chi connectivity index (χ4n) is 2.63. The lowest BCUT2D eigenvalue weighted by atomic mass is 10.1. The second-order valence-electron chi connectivity index (χ2n) is 5.70. The summed E-state index contributed by atoms with van der Waals surface area (Å²) in [5.41, 5.74) is 1.42. The molecule has 0 unspecified atom stereocenters. The van der Waals surface area contributed by atoms with Crippen LogP contribution < -0.4 is 18.9 Å². The molecular weight excluding hydrogens is 356 g/mol. The first kappa shape index (κ1) is 19.9. The molecule has 2 aromatic rings. The van der Waals surface area contributed by atoms with Gasteiger partial charge in [-0.3, -0.25) is 0 Å². The molecule has 0 aliphatic rings. The number of sulfone groups is 1. The van der Waals surface area contributed by atoms with Gasteiger partial charge in [-0.1, -0.05) is 12.1 Å². The van der Waals surface area contributed by atoms with E-state index in [1.54, 1.807) is 50.6 Å². The predicted molar refractivity (Wildman–Crippen MR) is 100 cm³/mol. The zero-order valence-electron chi connectivity index (χ0n) is 15.4. The monoisotopic (exact) mass is 380 g/mol. The van der Waals surface area contributed by atoms with Crippen molar-refractivity contribution in [2.24, 2.45) is 0 Å². The van der Waals surface area contributed by atoms with Crippen LogP contribution in [0.2, 0.25) is 0 Å². The van der Waals surface area contributed by atoms with E-state index in [0.717, 1.165) is 5.56 Å². The fraction of sp³-hybridized carbons (Fsp3) is 0.368. The highest BCUT2D eigenvalue weighted by atomic mass is 32.2. The van der Waals surface area contributed by atoms with E-state index in [9.17, 15) is 8.42 Å². The number of methoxy groups -OCH3 is 4. The summed E-state index contributed by atoms with van der Waals surface area (Å²) in [7, 11) is 2.88. The van der Waals surface area contributed by atoms with Gasteiger partial charge in [-0.2, -0.15) is 0 Å². The Morgan fingerprint density at radius 2 is 1.31 bits per heavy atom. The van der Waals surface area contributed by atoms with Crippen molar-refractivity contribution in [3.63, 3.8) is 0 Å². The molecule has 0 N–H and O–H groups in total. The molecular formula is C19H24O6S. The minimum Gasteiger partial charge on any atom is -0.497 e. The van der Waals surface area contributed by atoms with Gasteiger partial charge in [0.05, 0.1) is 39.9 Å². The highest BCUT2D eigenvalue weighted by molar-refractivity contribution is 7.90. The van der Waals surface area contributed by atoms with Crippen LogP contribution in [0, 0.1) is 0 Å². The molecule has 0 saturated carbocycles. The number of hydrogen-bond donors (Lipinski definition) is 0. The summed E-state index contributed by atoms with van der Waals surface area (Å²) in [5.74, 6) is 2.32. The molecule has 0 radical (unpaired) electrons. The molecule has 0 amide bonds. The van der Waals surface area contributed by atoms with Crippen LogP contribution in [-0.4, -0.2) is 42.6 Å². The van der Waals surface area contributed by atoms with Crippen LogP contribution in [0.5, 0.6) is 23.0 Å². The van der Waals surface area contributed by atoms with Gasteiger partial charge in [0.15, 0.2) is 9.84 Å². The van der Waals surface area contributed by atoms with Crippen LogP contribution in [0.25, 0.3) is 0 Å². The molecule has 0 heterocycles. The van der Waals surface area contributed by atoms with Gasteiger partial charge in [0.25, 0.3) is 0 Å². The lowest BCUT2D eigenvalue weighted by Crippen LogP contribution is -2.12. The number of ether oxygens (including phenoxy) is 4. The first-order chi connectivity index (χ1) is 12.4. The second-order valence-corrected chi connectivity index (χ2v) is 7.88. The van der Waals surface area contributed by atoms with Crippen molar-refractivity contribution in [1.82, 2.24) is 0 Å². The van der Waals surface area contributed by atoms with Crippen LogP contribution in [0.15, 0.2) is 36.4 Å². The Balaban J connectivity index is 2.15. The summed E-state index contributed by atoms with van der Waals surface area (Å²) >= 11 is 0. The maximum absolute atomic E-state index is 12.5. The molecule has 142 valence electrons. The van der Waals surface area contributed by atoms with Crippen LogP contribution in [0.1, 0.15) is 11.1 Å². The summed E-state index contributed by atoms with van der Waals surface area (Å²) in [6.07, 6.45) is 0.287. The van der Waals surface area contributed by atoms with E-state index in [0.29, 0.717) is 28.6 Å². The smallest absolute Gasteiger partial charge is 0.154 e. The first-order valence-electron chi connectivity index (χ1n) is 8.04. The zero-order valence-corrected chi connectivity index (χ0v) is 16.3. The lowest BCUT2D eigenvalue weighted by molar-refractivity contribution is 0.369. The summed E-state index contributed by atoms with van der Waals surface area (Å²) < 4.78 is 46.1. The third-order valence-corrected chi connectivity index (χ3v) is 5.63. The summed E-state index contributed by atoms with van der Waals surface area (Å²) in [4.78, 5) is 0. The molecule has 7 heteroatoms. The topological polar surface area (TPSA) is 71.1 Å². The van der Waals surface area contributed by atoms with E-state index < -0.39 is 9.84 Å². The van der Waals surface area contributed by atoms with E-state index in [4.69, 9.17) is 18.9 Å². The van der Waals surface area contributed by atoms with Crippen molar-refractivity contribution in [1.29, 1.82) is 0 Å².